The molecule has 0 amide bonds. The zero-order valence-electron chi connectivity index (χ0n) is 9.17. The molecule has 0 aliphatic rings. The number of rotatable bonds is 4. The molecular formula is C12H13IO4. The number of carbonyl (C=O) groups is 1. The van der Waals surface area contributed by atoms with Crippen LogP contribution in [0.2, 0.25) is 0 Å². The van der Waals surface area contributed by atoms with E-state index in [1.54, 1.807) is 19.1 Å². The summed E-state index contributed by atoms with van der Waals surface area (Å²) in [6, 6.07) is 4.91. The highest BCUT2D eigenvalue weighted by Crippen LogP contribution is 2.31. The lowest BCUT2D eigenvalue weighted by Gasteiger charge is -2.17. The van der Waals surface area contributed by atoms with Gasteiger partial charge in [0.25, 0.3) is 0 Å². The Labute approximate surface area is 113 Å². The van der Waals surface area contributed by atoms with Crippen LogP contribution in [-0.2, 0) is 4.79 Å². The lowest BCUT2D eigenvalue weighted by atomic mass is 9.96. The Kier molecular flexibility index (Phi) is 4.95. The number of aliphatic hydroxyl groups excluding tert-OH is 1. The monoisotopic (exact) mass is 348 g/mol. The third-order valence-electron chi connectivity index (χ3n) is 2.35. The Morgan fingerprint density at radius 1 is 1.47 bits per heavy atom. The van der Waals surface area contributed by atoms with Gasteiger partial charge in [-0.2, -0.15) is 0 Å². The first-order chi connectivity index (χ1) is 7.91. The first-order valence-corrected chi connectivity index (χ1v) is 6.07. The summed E-state index contributed by atoms with van der Waals surface area (Å²) in [7, 11) is 0. The van der Waals surface area contributed by atoms with Crippen molar-refractivity contribution >= 4 is 28.6 Å². The predicted octanol–water partition coefficient (Wildman–Crippen LogP) is 2.31. The minimum absolute atomic E-state index is 0.00786. The first-order valence-electron chi connectivity index (χ1n) is 4.99. The fraction of sp³-hybridized carbons (Fsp3) is 0.250. The van der Waals surface area contributed by atoms with Crippen molar-refractivity contribution in [3.05, 3.63) is 39.5 Å². The number of halogens is 1. The van der Waals surface area contributed by atoms with Crippen LogP contribution < -0.4 is 0 Å². The number of hydrogen-bond acceptors (Lipinski definition) is 3. The summed E-state index contributed by atoms with van der Waals surface area (Å²) in [6.07, 6.45) is 1.45. The number of phenols is 1. The summed E-state index contributed by atoms with van der Waals surface area (Å²) >= 11 is 2.08. The van der Waals surface area contributed by atoms with Crippen molar-refractivity contribution in [1.29, 1.82) is 0 Å². The van der Waals surface area contributed by atoms with E-state index in [1.165, 1.54) is 12.1 Å². The van der Waals surface area contributed by atoms with E-state index in [-0.39, 0.29) is 5.75 Å². The van der Waals surface area contributed by atoms with Crippen molar-refractivity contribution in [3.63, 3.8) is 0 Å². The third-order valence-corrected chi connectivity index (χ3v) is 3.02. The number of phenolic OH excluding ortho intramolecular Hbond substituents is 1. The molecule has 0 saturated carbocycles. The first kappa shape index (κ1) is 14.0. The van der Waals surface area contributed by atoms with E-state index >= 15 is 0 Å². The summed E-state index contributed by atoms with van der Waals surface area (Å²) < 4.78 is 0.892. The van der Waals surface area contributed by atoms with E-state index in [0.717, 1.165) is 9.65 Å². The fourth-order valence-corrected chi connectivity index (χ4v) is 1.90. The highest BCUT2D eigenvalue weighted by atomic mass is 127. The van der Waals surface area contributed by atoms with Gasteiger partial charge in [-0.15, -0.1) is 0 Å². The van der Waals surface area contributed by atoms with Gasteiger partial charge < -0.3 is 15.3 Å². The standard InChI is InChI=1S/C12H13IO4/c1-7(2-5-11(15)16)12(17)9-6-8(13)3-4-10(9)14/h2-7,12,14,17H,1H3,(H,15,16)/b5-2+/t7-,12+/m0/s1. The van der Waals surface area contributed by atoms with Crippen molar-refractivity contribution in [1.82, 2.24) is 0 Å². The molecule has 0 spiro atoms. The van der Waals surface area contributed by atoms with Crippen molar-refractivity contribution < 1.29 is 20.1 Å². The molecule has 2 atom stereocenters. The van der Waals surface area contributed by atoms with Crippen molar-refractivity contribution in [2.75, 3.05) is 0 Å². The SMILES string of the molecule is C[C@@H](/C=C/C(=O)O)[C@@H](O)c1cc(I)ccc1O. The second-order valence-corrected chi connectivity index (χ2v) is 4.95. The van der Waals surface area contributed by atoms with Gasteiger partial charge in [0, 0.05) is 21.1 Å². The lowest BCUT2D eigenvalue weighted by molar-refractivity contribution is -0.131. The minimum Gasteiger partial charge on any atom is -0.508 e. The second-order valence-electron chi connectivity index (χ2n) is 3.70. The fourth-order valence-electron chi connectivity index (χ4n) is 1.38. The Balaban J connectivity index is 2.91. The van der Waals surface area contributed by atoms with Crippen molar-refractivity contribution in [2.45, 2.75) is 13.0 Å². The minimum atomic E-state index is -1.06. The van der Waals surface area contributed by atoms with Gasteiger partial charge >= 0.3 is 5.97 Å². The molecule has 1 rings (SSSR count). The Morgan fingerprint density at radius 2 is 2.12 bits per heavy atom. The summed E-state index contributed by atoms with van der Waals surface area (Å²) in [4.78, 5) is 10.4. The van der Waals surface area contributed by atoms with Crippen LogP contribution in [0.25, 0.3) is 0 Å². The lowest BCUT2D eigenvalue weighted by Crippen LogP contribution is -2.08. The van der Waals surface area contributed by atoms with Crippen LogP contribution in [0.3, 0.4) is 0 Å². The predicted molar refractivity (Wildman–Crippen MR) is 71.7 cm³/mol. The van der Waals surface area contributed by atoms with E-state index in [9.17, 15) is 15.0 Å². The van der Waals surface area contributed by atoms with Gasteiger partial charge in [0.05, 0.1) is 6.10 Å². The van der Waals surface area contributed by atoms with Gasteiger partial charge in [0.1, 0.15) is 5.75 Å². The molecule has 17 heavy (non-hydrogen) atoms. The second kappa shape index (κ2) is 6.02. The topological polar surface area (TPSA) is 77.8 Å². The maximum absolute atomic E-state index is 10.4. The van der Waals surface area contributed by atoms with Gasteiger partial charge in [-0.25, -0.2) is 4.79 Å². The van der Waals surface area contributed by atoms with Crippen LogP contribution in [0, 0.1) is 9.49 Å². The van der Waals surface area contributed by atoms with E-state index in [4.69, 9.17) is 5.11 Å². The van der Waals surface area contributed by atoms with Gasteiger partial charge in [-0.3, -0.25) is 0 Å². The van der Waals surface area contributed by atoms with E-state index in [1.807, 2.05) is 0 Å². The molecule has 0 radical (unpaired) electrons. The number of hydrogen-bond donors (Lipinski definition) is 3. The number of aliphatic carboxylic acids is 1. The van der Waals surface area contributed by atoms with Gasteiger partial charge in [0.15, 0.2) is 0 Å². The van der Waals surface area contributed by atoms with Gasteiger partial charge in [-0.1, -0.05) is 13.0 Å². The Hall–Kier alpha value is -1.08. The zero-order valence-corrected chi connectivity index (χ0v) is 11.3. The molecule has 0 saturated heterocycles. The van der Waals surface area contributed by atoms with E-state index in [0.29, 0.717) is 5.56 Å². The quantitative estimate of drug-likeness (QED) is 0.577. The molecule has 0 aliphatic heterocycles. The molecule has 5 heteroatoms. The average Bonchev–Trinajstić information content (AvgIpc) is 2.28. The third kappa shape index (κ3) is 4.01. The van der Waals surface area contributed by atoms with Crippen LogP contribution in [0.15, 0.2) is 30.4 Å². The van der Waals surface area contributed by atoms with Crippen LogP contribution >= 0.6 is 22.6 Å². The molecule has 0 aliphatic carbocycles. The van der Waals surface area contributed by atoms with Crippen LogP contribution in [-0.4, -0.2) is 21.3 Å². The number of carboxylic acid groups (broad SMARTS) is 1. The molecule has 0 bridgehead atoms. The van der Waals surface area contributed by atoms with Crippen LogP contribution in [0.5, 0.6) is 5.75 Å². The highest BCUT2D eigenvalue weighted by molar-refractivity contribution is 14.1. The molecule has 92 valence electrons. The summed E-state index contributed by atoms with van der Waals surface area (Å²) in [5, 5.41) is 28.1. The number of aromatic hydroxyl groups is 1. The maximum Gasteiger partial charge on any atom is 0.327 e. The molecule has 0 fully saturated rings. The number of aliphatic hydroxyl groups is 1. The van der Waals surface area contributed by atoms with Crippen LogP contribution in [0.4, 0.5) is 0 Å². The zero-order chi connectivity index (χ0) is 13.0. The Morgan fingerprint density at radius 3 is 2.71 bits per heavy atom. The van der Waals surface area contributed by atoms with Crippen molar-refractivity contribution in [3.8, 4) is 5.75 Å². The van der Waals surface area contributed by atoms with Crippen LogP contribution in [0.1, 0.15) is 18.6 Å². The molecular weight excluding hydrogens is 335 g/mol. The summed E-state index contributed by atoms with van der Waals surface area (Å²) in [5.74, 6) is -1.44. The number of benzene rings is 1. The summed E-state index contributed by atoms with van der Waals surface area (Å²) in [6.45, 7) is 1.68. The Bertz CT molecular complexity index is 442. The molecule has 0 heterocycles. The summed E-state index contributed by atoms with van der Waals surface area (Å²) in [5.41, 5.74) is 0.402. The molecule has 1 aromatic rings. The highest BCUT2D eigenvalue weighted by Gasteiger charge is 2.18. The molecule has 1 aromatic carbocycles. The van der Waals surface area contributed by atoms with E-state index < -0.39 is 18.0 Å². The normalized spacial score (nSPS) is 14.8. The number of carboxylic acids is 1. The molecule has 3 N–H and O–H groups in total. The van der Waals surface area contributed by atoms with Gasteiger partial charge in [-0.05, 0) is 40.8 Å². The largest absolute Gasteiger partial charge is 0.508 e. The van der Waals surface area contributed by atoms with Gasteiger partial charge in [0.2, 0.25) is 0 Å². The maximum atomic E-state index is 10.4. The van der Waals surface area contributed by atoms with E-state index in [2.05, 4.69) is 22.6 Å². The molecule has 4 nitrogen and oxygen atoms in total. The molecule has 0 aromatic heterocycles. The smallest absolute Gasteiger partial charge is 0.327 e. The average molecular weight is 348 g/mol. The van der Waals surface area contributed by atoms with Crippen molar-refractivity contribution in [2.24, 2.45) is 5.92 Å². The molecule has 0 unspecified atom stereocenters.